The third-order valence-corrected chi connectivity index (χ3v) is 7.24. The van der Waals surface area contributed by atoms with Gasteiger partial charge in [0.25, 0.3) is 0 Å². The number of nitrogens with zero attached hydrogens (tertiary/aromatic N) is 2. The lowest BCUT2D eigenvalue weighted by molar-refractivity contribution is -0.122. The summed E-state index contributed by atoms with van der Waals surface area (Å²) in [5, 5.41) is 10.5. The van der Waals surface area contributed by atoms with Crippen molar-refractivity contribution < 1.29 is 27.8 Å². The van der Waals surface area contributed by atoms with Crippen LogP contribution in [0.3, 0.4) is 0 Å². The van der Waals surface area contributed by atoms with Gasteiger partial charge in [-0.05, 0) is 71.1 Å². The molecule has 4 aromatic rings. The van der Waals surface area contributed by atoms with Gasteiger partial charge in [0.15, 0.2) is 22.6 Å². The Morgan fingerprint density at radius 2 is 1.74 bits per heavy atom. The van der Waals surface area contributed by atoms with E-state index in [0.29, 0.717) is 39.8 Å². The van der Waals surface area contributed by atoms with E-state index in [2.05, 4.69) is 20.9 Å². The third-order valence-electron chi connectivity index (χ3n) is 6.47. The molecule has 0 saturated carbocycles. The zero-order valence-electron chi connectivity index (χ0n) is 23.5. The highest BCUT2D eigenvalue weighted by atomic mass is 32.2. The van der Waals surface area contributed by atoms with Crippen LogP contribution in [0.15, 0.2) is 71.8 Å². The predicted molar refractivity (Wildman–Crippen MR) is 162 cm³/mol. The smallest absolute Gasteiger partial charge is 0.321 e. The molecule has 1 heterocycles. The Balaban J connectivity index is 1.66. The van der Waals surface area contributed by atoms with E-state index in [1.165, 1.54) is 31.3 Å². The lowest BCUT2D eigenvalue weighted by atomic mass is 10.0. The van der Waals surface area contributed by atoms with Gasteiger partial charge in [-0.1, -0.05) is 6.07 Å². The molecule has 0 aliphatic carbocycles. The normalized spacial score (nSPS) is 12.2. The minimum atomic E-state index is -2.32. The Labute approximate surface area is 245 Å². The van der Waals surface area contributed by atoms with E-state index >= 15 is 0 Å². The SMILES string of the molecule is COc1ccc([C@@H](Nc2ccc3c(N)nccc3c2)C(=O)NCc2cc(NC(=O)N(C)C)ccc2S(=O)O)cc1OC. The first-order chi connectivity index (χ1) is 20.1. The first kappa shape index (κ1) is 30.1. The van der Waals surface area contributed by atoms with E-state index in [0.717, 1.165) is 10.8 Å². The minimum absolute atomic E-state index is 0.0858. The number of nitrogen functional groups attached to an aromatic ring is 1. The van der Waals surface area contributed by atoms with Gasteiger partial charge in [-0.15, -0.1) is 0 Å². The van der Waals surface area contributed by atoms with Crippen molar-refractivity contribution in [3.63, 3.8) is 0 Å². The highest BCUT2D eigenvalue weighted by Crippen LogP contribution is 2.32. The van der Waals surface area contributed by atoms with Crippen molar-refractivity contribution in [2.45, 2.75) is 17.5 Å². The fourth-order valence-corrected chi connectivity index (χ4v) is 4.82. The van der Waals surface area contributed by atoms with Gasteiger partial charge in [-0.25, -0.2) is 14.0 Å². The third kappa shape index (κ3) is 6.87. The molecule has 220 valence electrons. The second-order valence-electron chi connectivity index (χ2n) is 9.44. The van der Waals surface area contributed by atoms with Gasteiger partial charge < -0.3 is 40.6 Å². The molecule has 0 radical (unpaired) electrons. The maximum absolute atomic E-state index is 13.7. The number of anilines is 3. The monoisotopic (exact) mass is 592 g/mol. The summed E-state index contributed by atoms with van der Waals surface area (Å²) in [5.74, 6) is 0.915. The number of carbonyl (C=O) groups is 2. The molecule has 3 amide bonds. The number of ether oxygens (including phenoxy) is 2. The van der Waals surface area contributed by atoms with Gasteiger partial charge in [-0.2, -0.15) is 0 Å². The molecule has 42 heavy (non-hydrogen) atoms. The van der Waals surface area contributed by atoms with Gasteiger partial charge in [0, 0.05) is 43.6 Å². The summed E-state index contributed by atoms with van der Waals surface area (Å²) >= 11 is -2.32. The molecule has 1 aromatic heterocycles. The zero-order chi connectivity index (χ0) is 30.4. The molecule has 0 aliphatic heterocycles. The van der Waals surface area contributed by atoms with Crippen LogP contribution in [0.2, 0.25) is 0 Å². The fraction of sp³-hybridized carbons (Fsp3) is 0.207. The van der Waals surface area contributed by atoms with Crippen LogP contribution in [0.5, 0.6) is 11.5 Å². The molecule has 0 fully saturated rings. The number of pyridine rings is 1. The summed E-state index contributed by atoms with van der Waals surface area (Å²) < 4.78 is 32.7. The number of aromatic nitrogens is 1. The minimum Gasteiger partial charge on any atom is -0.493 e. The van der Waals surface area contributed by atoms with Gasteiger partial charge in [0.1, 0.15) is 11.9 Å². The van der Waals surface area contributed by atoms with Crippen LogP contribution < -0.4 is 31.2 Å². The summed E-state index contributed by atoms with van der Waals surface area (Å²) in [4.78, 5) is 31.4. The molecule has 0 spiro atoms. The molecule has 3 aromatic carbocycles. The zero-order valence-corrected chi connectivity index (χ0v) is 24.3. The summed E-state index contributed by atoms with van der Waals surface area (Å²) in [5.41, 5.74) is 8.00. The molecule has 2 atom stereocenters. The van der Waals surface area contributed by atoms with E-state index in [1.54, 1.807) is 50.6 Å². The van der Waals surface area contributed by atoms with Crippen molar-refractivity contribution in [1.82, 2.24) is 15.2 Å². The summed E-state index contributed by atoms with van der Waals surface area (Å²) in [6.07, 6.45) is 1.61. The van der Waals surface area contributed by atoms with Crippen LogP contribution in [0.4, 0.5) is 22.0 Å². The van der Waals surface area contributed by atoms with Crippen LogP contribution in [0, 0.1) is 0 Å². The van der Waals surface area contributed by atoms with E-state index in [1.807, 2.05) is 18.2 Å². The molecule has 0 bridgehead atoms. The van der Waals surface area contributed by atoms with Gasteiger partial charge in [0.05, 0.1) is 19.1 Å². The molecule has 4 rings (SSSR count). The number of amides is 3. The van der Waals surface area contributed by atoms with Crippen LogP contribution in [-0.2, 0) is 22.4 Å². The molecule has 0 aliphatic rings. The number of urea groups is 1. The topological polar surface area (TPSA) is 168 Å². The highest BCUT2D eigenvalue weighted by Gasteiger charge is 2.23. The second-order valence-corrected chi connectivity index (χ2v) is 10.4. The Kier molecular flexibility index (Phi) is 9.45. The quantitative estimate of drug-likeness (QED) is 0.171. The number of benzene rings is 3. The van der Waals surface area contributed by atoms with Crippen molar-refractivity contribution in [3.8, 4) is 11.5 Å². The number of rotatable bonds is 10. The van der Waals surface area contributed by atoms with Crippen LogP contribution in [-0.4, -0.2) is 58.9 Å². The van der Waals surface area contributed by atoms with E-state index in [-0.39, 0.29) is 17.5 Å². The van der Waals surface area contributed by atoms with Crippen LogP contribution >= 0.6 is 0 Å². The average molecular weight is 593 g/mol. The van der Waals surface area contributed by atoms with Crippen molar-refractivity contribution in [3.05, 3.63) is 78.0 Å². The number of carbonyl (C=O) groups excluding carboxylic acids is 2. The van der Waals surface area contributed by atoms with Gasteiger partial charge in [-0.3, -0.25) is 4.79 Å². The Morgan fingerprint density at radius 1 is 1.00 bits per heavy atom. The molecular formula is C29H32N6O6S. The second kappa shape index (κ2) is 13.2. The molecule has 13 heteroatoms. The fourth-order valence-electron chi connectivity index (χ4n) is 4.28. The van der Waals surface area contributed by atoms with E-state index in [9.17, 15) is 18.4 Å². The number of nitrogens with one attached hydrogen (secondary N) is 3. The van der Waals surface area contributed by atoms with Crippen molar-refractivity contribution in [2.75, 3.05) is 44.7 Å². The first-order valence-corrected chi connectivity index (χ1v) is 13.8. The van der Waals surface area contributed by atoms with Crippen LogP contribution in [0.25, 0.3) is 10.8 Å². The molecular weight excluding hydrogens is 560 g/mol. The van der Waals surface area contributed by atoms with Gasteiger partial charge >= 0.3 is 6.03 Å². The first-order valence-electron chi connectivity index (χ1n) is 12.7. The number of nitrogens with two attached hydrogens (primary N) is 1. The molecule has 6 N–H and O–H groups in total. The van der Waals surface area contributed by atoms with Crippen molar-refractivity contribution in [1.29, 1.82) is 0 Å². The Hall–Kier alpha value is -4.88. The maximum atomic E-state index is 13.7. The molecule has 1 unspecified atom stereocenters. The maximum Gasteiger partial charge on any atom is 0.321 e. The summed E-state index contributed by atoms with van der Waals surface area (Å²) in [6, 6.07) is 15.7. The predicted octanol–water partition coefficient (Wildman–Crippen LogP) is 3.98. The Morgan fingerprint density at radius 3 is 2.43 bits per heavy atom. The van der Waals surface area contributed by atoms with E-state index in [4.69, 9.17) is 15.2 Å². The standard InChI is InChI=1S/C29H32N6O6S/c1-35(2)29(37)34-21-7-10-25(42(38)39)19(14-21)16-32-28(36)26(18-5-9-23(40-3)24(15-18)41-4)33-20-6-8-22-17(13-20)11-12-31-27(22)30/h5-15,26,33H,16H2,1-4H3,(H2,30,31)(H,32,36)(H,34,37)(H,38,39)/t26-/m1/s1. The number of methoxy groups -OCH3 is 2. The van der Waals surface area contributed by atoms with Crippen molar-refractivity contribution in [2.24, 2.45) is 0 Å². The summed E-state index contributed by atoms with van der Waals surface area (Å²) in [7, 11) is 6.21. The molecule has 12 nitrogen and oxygen atoms in total. The van der Waals surface area contributed by atoms with Gasteiger partial charge in [0.2, 0.25) is 5.91 Å². The number of hydrogen-bond acceptors (Lipinski definition) is 8. The number of hydrogen-bond donors (Lipinski definition) is 5. The van der Waals surface area contributed by atoms with Crippen LogP contribution in [0.1, 0.15) is 17.2 Å². The molecule has 0 saturated heterocycles. The lowest BCUT2D eigenvalue weighted by Crippen LogP contribution is -2.33. The lowest BCUT2D eigenvalue weighted by Gasteiger charge is -2.22. The van der Waals surface area contributed by atoms with Crippen molar-refractivity contribution >= 4 is 51.0 Å². The Bertz CT molecular complexity index is 1650. The average Bonchev–Trinajstić information content (AvgIpc) is 2.98. The van der Waals surface area contributed by atoms with E-state index < -0.39 is 23.0 Å². The largest absolute Gasteiger partial charge is 0.493 e. The number of fused-ring (bicyclic) bond motifs is 1. The summed E-state index contributed by atoms with van der Waals surface area (Å²) in [6.45, 7) is -0.0858. The highest BCUT2D eigenvalue weighted by molar-refractivity contribution is 7.79.